The van der Waals surface area contributed by atoms with Crippen LogP contribution in [0.15, 0.2) is 79.1 Å². The van der Waals surface area contributed by atoms with Crippen LogP contribution in [-0.4, -0.2) is 34.3 Å². The summed E-state index contributed by atoms with van der Waals surface area (Å²) >= 11 is 0. The molecule has 3 aromatic rings. The Morgan fingerprint density at radius 2 is 1.54 bits per heavy atom. The van der Waals surface area contributed by atoms with Gasteiger partial charge < -0.3 is 16.0 Å². The van der Waals surface area contributed by atoms with Crippen molar-refractivity contribution < 1.29 is 9.59 Å². The van der Waals surface area contributed by atoms with Gasteiger partial charge in [0.25, 0.3) is 5.91 Å². The monoisotopic (exact) mass is 496 g/mol. The minimum absolute atomic E-state index is 0.0428. The highest BCUT2D eigenvalue weighted by Crippen LogP contribution is 2.39. The molecule has 2 heterocycles. The second-order valence-corrected chi connectivity index (χ2v) is 10.4. The number of nitrogens with one attached hydrogen (secondary N) is 1. The van der Waals surface area contributed by atoms with Gasteiger partial charge >= 0.3 is 0 Å². The Morgan fingerprint density at radius 1 is 0.838 bits per heavy atom. The highest BCUT2D eigenvalue weighted by Gasteiger charge is 2.40. The Bertz CT molecular complexity index is 1180. The van der Waals surface area contributed by atoms with Gasteiger partial charge in [-0.15, -0.1) is 0 Å². The van der Waals surface area contributed by atoms with Crippen molar-refractivity contribution in [2.24, 2.45) is 11.7 Å². The molecule has 3 atom stereocenters. The molecule has 0 bridgehead atoms. The standard InChI is InChI=1S/C31H36N4O2/c32-29(24-13-15-25(16-14-24)30(36)34-26-17-19-33-20-18-26)27-12-7-21-35(27)31(37)28(22-8-3-1-4-9-22)23-10-5-2-6-11-23/h1,3-4,8-9,13-20,23,27-29H,2,5-7,10-12,21,32H2,(H,33,34,36). The van der Waals surface area contributed by atoms with E-state index in [2.05, 4.69) is 27.3 Å². The Kier molecular flexibility index (Phi) is 7.95. The summed E-state index contributed by atoms with van der Waals surface area (Å²) in [6.45, 7) is 0.750. The van der Waals surface area contributed by atoms with Crippen molar-refractivity contribution in [2.75, 3.05) is 11.9 Å². The highest BCUT2D eigenvalue weighted by molar-refractivity contribution is 6.04. The van der Waals surface area contributed by atoms with Gasteiger partial charge in [0.15, 0.2) is 0 Å². The van der Waals surface area contributed by atoms with Gasteiger partial charge in [0.1, 0.15) is 0 Å². The fraction of sp³-hybridized carbons (Fsp3) is 0.387. The highest BCUT2D eigenvalue weighted by atomic mass is 16.2. The maximum Gasteiger partial charge on any atom is 0.255 e. The zero-order valence-electron chi connectivity index (χ0n) is 21.3. The smallest absolute Gasteiger partial charge is 0.255 e. The number of likely N-dealkylation sites (tertiary alicyclic amines) is 1. The third-order valence-electron chi connectivity index (χ3n) is 8.04. The average Bonchev–Trinajstić information content (AvgIpc) is 3.45. The number of carbonyl (C=O) groups is 2. The molecule has 0 spiro atoms. The topological polar surface area (TPSA) is 88.3 Å². The molecule has 5 rings (SSSR count). The van der Waals surface area contributed by atoms with Gasteiger partial charge in [0, 0.05) is 30.2 Å². The second kappa shape index (κ2) is 11.7. The van der Waals surface area contributed by atoms with E-state index >= 15 is 0 Å². The molecule has 1 saturated heterocycles. The lowest BCUT2D eigenvalue weighted by Gasteiger charge is -2.36. The molecule has 2 aliphatic rings. The molecule has 1 saturated carbocycles. The summed E-state index contributed by atoms with van der Waals surface area (Å²) in [5.74, 6) is 0.333. The third-order valence-corrected chi connectivity index (χ3v) is 8.04. The molecule has 3 unspecified atom stereocenters. The van der Waals surface area contributed by atoms with Crippen LogP contribution in [-0.2, 0) is 4.79 Å². The molecule has 2 amide bonds. The number of rotatable bonds is 7. The predicted molar refractivity (Wildman–Crippen MR) is 146 cm³/mol. The maximum absolute atomic E-state index is 14.1. The van der Waals surface area contributed by atoms with Gasteiger partial charge in [-0.2, -0.15) is 0 Å². The summed E-state index contributed by atoms with van der Waals surface area (Å²) in [6.07, 6.45) is 11.0. The first-order valence-corrected chi connectivity index (χ1v) is 13.5. The zero-order valence-corrected chi connectivity index (χ0v) is 21.3. The van der Waals surface area contributed by atoms with Gasteiger partial charge in [0.05, 0.1) is 18.0 Å². The molecular weight excluding hydrogens is 460 g/mol. The van der Waals surface area contributed by atoms with E-state index in [1.165, 1.54) is 19.3 Å². The number of carbonyl (C=O) groups excluding carboxylic acids is 2. The first-order chi connectivity index (χ1) is 18.1. The molecule has 2 fully saturated rings. The minimum atomic E-state index is -0.300. The summed E-state index contributed by atoms with van der Waals surface area (Å²) in [7, 11) is 0. The zero-order chi connectivity index (χ0) is 25.6. The Morgan fingerprint density at radius 3 is 2.24 bits per heavy atom. The molecule has 2 aromatic carbocycles. The lowest BCUT2D eigenvalue weighted by atomic mass is 9.76. The first kappa shape index (κ1) is 25.2. The van der Waals surface area contributed by atoms with Crippen LogP contribution in [0.5, 0.6) is 0 Å². The summed E-state index contributed by atoms with van der Waals surface area (Å²) in [5, 5.41) is 2.88. The number of hydrogen-bond donors (Lipinski definition) is 2. The molecule has 37 heavy (non-hydrogen) atoms. The molecule has 6 heteroatoms. The lowest BCUT2D eigenvalue weighted by Crippen LogP contribution is -2.45. The van der Waals surface area contributed by atoms with Crippen LogP contribution in [0, 0.1) is 5.92 Å². The SMILES string of the molecule is NC(c1ccc(C(=O)Nc2ccncc2)cc1)C1CCCN1C(=O)C(c1ccccc1)C1CCCCC1. The van der Waals surface area contributed by atoms with E-state index in [1.54, 1.807) is 24.5 Å². The van der Waals surface area contributed by atoms with Crippen LogP contribution in [0.1, 0.15) is 78.4 Å². The number of pyridine rings is 1. The summed E-state index contributed by atoms with van der Waals surface area (Å²) in [6, 6.07) is 20.9. The quantitative estimate of drug-likeness (QED) is 0.440. The van der Waals surface area contributed by atoms with Crippen LogP contribution in [0.4, 0.5) is 5.69 Å². The Hall–Kier alpha value is -3.51. The maximum atomic E-state index is 14.1. The van der Waals surface area contributed by atoms with Crippen molar-refractivity contribution >= 4 is 17.5 Å². The number of hydrogen-bond acceptors (Lipinski definition) is 4. The first-order valence-electron chi connectivity index (χ1n) is 13.5. The van der Waals surface area contributed by atoms with Crippen LogP contribution >= 0.6 is 0 Å². The van der Waals surface area contributed by atoms with E-state index in [0.29, 0.717) is 17.2 Å². The van der Waals surface area contributed by atoms with Crippen molar-refractivity contribution in [2.45, 2.75) is 62.9 Å². The van der Waals surface area contributed by atoms with E-state index in [0.717, 1.165) is 43.4 Å². The van der Waals surface area contributed by atoms with E-state index in [1.807, 2.05) is 42.5 Å². The summed E-state index contributed by atoms with van der Waals surface area (Å²) < 4.78 is 0. The van der Waals surface area contributed by atoms with Crippen LogP contribution in [0.3, 0.4) is 0 Å². The van der Waals surface area contributed by atoms with E-state index in [4.69, 9.17) is 5.73 Å². The second-order valence-electron chi connectivity index (χ2n) is 10.4. The van der Waals surface area contributed by atoms with Crippen molar-refractivity contribution in [1.29, 1.82) is 0 Å². The number of benzene rings is 2. The third kappa shape index (κ3) is 5.75. The molecule has 3 N–H and O–H groups in total. The molecule has 1 aliphatic carbocycles. The van der Waals surface area contributed by atoms with Crippen LogP contribution < -0.4 is 11.1 Å². The fourth-order valence-electron chi connectivity index (χ4n) is 6.08. The normalized spacial score (nSPS) is 19.8. The number of amides is 2. The minimum Gasteiger partial charge on any atom is -0.337 e. The van der Waals surface area contributed by atoms with E-state index < -0.39 is 0 Å². The fourth-order valence-corrected chi connectivity index (χ4v) is 6.08. The molecule has 1 aliphatic heterocycles. The van der Waals surface area contributed by atoms with Gasteiger partial charge in [-0.05, 0) is 67.0 Å². The Labute approximate surface area is 219 Å². The van der Waals surface area contributed by atoms with Crippen molar-refractivity contribution in [3.8, 4) is 0 Å². The molecular formula is C31H36N4O2. The number of nitrogens with two attached hydrogens (primary N) is 1. The molecule has 0 radical (unpaired) electrons. The van der Waals surface area contributed by atoms with Gasteiger partial charge in [-0.25, -0.2) is 0 Å². The van der Waals surface area contributed by atoms with Gasteiger partial charge in [-0.1, -0.05) is 61.7 Å². The number of nitrogens with zero attached hydrogens (tertiary/aromatic N) is 2. The molecule has 192 valence electrons. The average molecular weight is 497 g/mol. The van der Waals surface area contributed by atoms with Gasteiger partial charge in [0.2, 0.25) is 5.91 Å². The van der Waals surface area contributed by atoms with Crippen molar-refractivity contribution in [3.05, 3.63) is 95.8 Å². The molecule has 1 aromatic heterocycles. The number of anilines is 1. The largest absolute Gasteiger partial charge is 0.337 e. The summed E-state index contributed by atoms with van der Waals surface area (Å²) in [4.78, 5) is 32.8. The lowest BCUT2D eigenvalue weighted by molar-refractivity contribution is -0.135. The Balaban J connectivity index is 1.31. The summed E-state index contributed by atoms with van der Waals surface area (Å²) in [5.41, 5.74) is 10.1. The van der Waals surface area contributed by atoms with Crippen LogP contribution in [0.25, 0.3) is 0 Å². The van der Waals surface area contributed by atoms with Crippen LogP contribution in [0.2, 0.25) is 0 Å². The van der Waals surface area contributed by atoms with Gasteiger partial charge in [-0.3, -0.25) is 14.6 Å². The van der Waals surface area contributed by atoms with Crippen molar-refractivity contribution in [3.63, 3.8) is 0 Å². The van der Waals surface area contributed by atoms with E-state index in [9.17, 15) is 9.59 Å². The predicted octanol–water partition coefficient (Wildman–Crippen LogP) is 5.69. The van der Waals surface area contributed by atoms with E-state index in [-0.39, 0.29) is 29.8 Å². The van der Waals surface area contributed by atoms with Crippen molar-refractivity contribution in [1.82, 2.24) is 9.88 Å². The number of aromatic nitrogens is 1. The molecule has 6 nitrogen and oxygen atoms in total.